The summed E-state index contributed by atoms with van der Waals surface area (Å²) in [5.74, 6) is 0.212. The number of nitrogens with two attached hydrogens (primary N) is 1. The van der Waals surface area contributed by atoms with Crippen LogP contribution in [-0.2, 0) is 11.2 Å². The van der Waals surface area contributed by atoms with Crippen molar-refractivity contribution in [1.82, 2.24) is 4.90 Å². The Bertz CT molecular complexity index is 323. The molecule has 2 heterocycles. The molecule has 0 saturated carbocycles. The van der Waals surface area contributed by atoms with Crippen LogP contribution < -0.4 is 5.73 Å². The van der Waals surface area contributed by atoms with Crippen LogP contribution in [0.5, 0.6) is 0 Å². The monoisotopic (exact) mass is 224 g/mol. The van der Waals surface area contributed by atoms with E-state index in [1.54, 1.807) is 11.3 Å². The van der Waals surface area contributed by atoms with E-state index in [0.29, 0.717) is 6.42 Å². The van der Waals surface area contributed by atoms with Gasteiger partial charge in [0.2, 0.25) is 5.91 Å². The minimum Gasteiger partial charge on any atom is -0.341 e. The average Bonchev–Trinajstić information content (AvgIpc) is 2.70. The zero-order chi connectivity index (χ0) is 10.7. The number of hydrogen-bond donors (Lipinski definition) is 1. The Morgan fingerprint density at radius 3 is 3.20 bits per heavy atom. The molecule has 0 bridgehead atoms. The molecule has 1 aliphatic heterocycles. The van der Waals surface area contributed by atoms with Gasteiger partial charge in [-0.25, -0.2) is 0 Å². The zero-order valence-corrected chi connectivity index (χ0v) is 9.50. The van der Waals surface area contributed by atoms with Crippen molar-refractivity contribution >= 4 is 17.2 Å². The molecule has 82 valence electrons. The predicted molar refractivity (Wildman–Crippen MR) is 61.8 cm³/mol. The Morgan fingerprint density at radius 2 is 2.53 bits per heavy atom. The van der Waals surface area contributed by atoms with Crippen LogP contribution >= 0.6 is 11.3 Å². The van der Waals surface area contributed by atoms with Crippen molar-refractivity contribution in [3.8, 4) is 0 Å². The van der Waals surface area contributed by atoms with E-state index in [-0.39, 0.29) is 11.9 Å². The van der Waals surface area contributed by atoms with Crippen molar-refractivity contribution in [1.29, 1.82) is 0 Å². The van der Waals surface area contributed by atoms with Crippen molar-refractivity contribution in [3.05, 3.63) is 22.4 Å². The first-order valence-electron chi connectivity index (χ1n) is 5.30. The molecule has 1 amide bonds. The molecule has 1 atom stereocenters. The van der Waals surface area contributed by atoms with Gasteiger partial charge in [0.15, 0.2) is 0 Å². The first kappa shape index (κ1) is 10.6. The smallest absolute Gasteiger partial charge is 0.227 e. The van der Waals surface area contributed by atoms with Gasteiger partial charge in [-0.1, -0.05) is 0 Å². The highest BCUT2D eigenvalue weighted by Crippen LogP contribution is 2.12. The third-order valence-electron chi connectivity index (χ3n) is 2.75. The van der Waals surface area contributed by atoms with E-state index in [1.807, 2.05) is 21.7 Å². The van der Waals surface area contributed by atoms with Crippen LogP contribution in [0.3, 0.4) is 0 Å². The molecule has 1 saturated heterocycles. The second kappa shape index (κ2) is 4.77. The summed E-state index contributed by atoms with van der Waals surface area (Å²) >= 11 is 1.63. The lowest BCUT2D eigenvalue weighted by Gasteiger charge is -2.30. The van der Waals surface area contributed by atoms with E-state index >= 15 is 0 Å². The van der Waals surface area contributed by atoms with Crippen molar-refractivity contribution in [3.63, 3.8) is 0 Å². The fraction of sp³-hybridized carbons (Fsp3) is 0.545. The number of carbonyl (C=O) groups is 1. The third-order valence-corrected chi connectivity index (χ3v) is 3.48. The number of piperidine rings is 1. The highest BCUT2D eigenvalue weighted by atomic mass is 32.1. The van der Waals surface area contributed by atoms with E-state index in [4.69, 9.17) is 5.73 Å². The highest BCUT2D eigenvalue weighted by molar-refractivity contribution is 7.07. The van der Waals surface area contributed by atoms with Gasteiger partial charge in [0.05, 0.1) is 6.42 Å². The molecular formula is C11H16N2OS. The van der Waals surface area contributed by atoms with Crippen LogP contribution in [0.2, 0.25) is 0 Å². The largest absolute Gasteiger partial charge is 0.341 e. The lowest BCUT2D eigenvalue weighted by molar-refractivity contribution is -0.131. The van der Waals surface area contributed by atoms with Gasteiger partial charge < -0.3 is 10.6 Å². The summed E-state index contributed by atoms with van der Waals surface area (Å²) in [6, 6.07) is 2.18. The minimum absolute atomic E-state index is 0.171. The number of likely N-dealkylation sites (tertiary alicyclic amines) is 1. The Kier molecular flexibility index (Phi) is 3.38. The van der Waals surface area contributed by atoms with Crippen LogP contribution in [-0.4, -0.2) is 29.9 Å². The summed E-state index contributed by atoms with van der Waals surface area (Å²) in [5.41, 5.74) is 6.96. The lowest BCUT2D eigenvalue weighted by Crippen LogP contribution is -2.46. The van der Waals surface area contributed by atoms with Crippen LogP contribution in [0, 0.1) is 0 Å². The third kappa shape index (κ3) is 2.79. The Balaban J connectivity index is 1.90. The maximum atomic E-state index is 11.9. The molecule has 1 aromatic rings. The van der Waals surface area contributed by atoms with Gasteiger partial charge in [0.1, 0.15) is 0 Å². The maximum absolute atomic E-state index is 11.9. The van der Waals surface area contributed by atoms with Crippen LogP contribution in [0.25, 0.3) is 0 Å². The SMILES string of the molecule is N[C@H]1CCCN(C(=O)Cc2ccsc2)C1. The van der Waals surface area contributed by atoms with E-state index in [1.165, 1.54) is 0 Å². The summed E-state index contributed by atoms with van der Waals surface area (Å²) in [4.78, 5) is 13.8. The molecule has 2 rings (SSSR count). The standard InChI is InChI=1S/C11H16N2OS/c12-10-2-1-4-13(7-10)11(14)6-9-3-5-15-8-9/h3,5,8,10H,1-2,4,6-7,12H2/t10-/m0/s1. The molecule has 0 aromatic carbocycles. The Labute approximate surface area is 93.9 Å². The number of nitrogens with zero attached hydrogens (tertiary/aromatic N) is 1. The van der Waals surface area contributed by atoms with Gasteiger partial charge in [0.25, 0.3) is 0 Å². The van der Waals surface area contributed by atoms with Crippen LogP contribution in [0.1, 0.15) is 18.4 Å². The van der Waals surface area contributed by atoms with Gasteiger partial charge in [-0.15, -0.1) is 0 Å². The van der Waals surface area contributed by atoms with Crippen LogP contribution in [0.15, 0.2) is 16.8 Å². The number of thiophene rings is 1. The van der Waals surface area contributed by atoms with E-state index in [9.17, 15) is 4.79 Å². The predicted octanol–water partition coefficient (Wildman–Crippen LogP) is 1.24. The molecule has 2 N–H and O–H groups in total. The molecule has 0 unspecified atom stereocenters. The molecule has 0 spiro atoms. The first-order valence-corrected chi connectivity index (χ1v) is 6.24. The molecule has 1 aliphatic rings. The quantitative estimate of drug-likeness (QED) is 0.821. The van der Waals surface area contributed by atoms with Gasteiger partial charge in [-0.05, 0) is 35.2 Å². The summed E-state index contributed by atoms with van der Waals surface area (Å²) in [6.07, 6.45) is 2.61. The number of rotatable bonds is 2. The second-order valence-electron chi connectivity index (χ2n) is 4.05. The summed E-state index contributed by atoms with van der Waals surface area (Å²) in [6.45, 7) is 1.60. The first-order chi connectivity index (χ1) is 7.25. The Morgan fingerprint density at radius 1 is 1.67 bits per heavy atom. The minimum atomic E-state index is 0.171. The zero-order valence-electron chi connectivity index (χ0n) is 8.69. The van der Waals surface area contributed by atoms with Crippen molar-refractivity contribution in [2.24, 2.45) is 5.73 Å². The molecule has 15 heavy (non-hydrogen) atoms. The normalized spacial score (nSPS) is 21.7. The molecular weight excluding hydrogens is 208 g/mol. The lowest BCUT2D eigenvalue weighted by atomic mass is 10.1. The topological polar surface area (TPSA) is 46.3 Å². The number of carbonyl (C=O) groups excluding carboxylic acids is 1. The second-order valence-corrected chi connectivity index (χ2v) is 4.83. The van der Waals surface area contributed by atoms with Crippen LogP contribution in [0.4, 0.5) is 0 Å². The van der Waals surface area contributed by atoms with Crippen molar-refractivity contribution < 1.29 is 4.79 Å². The molecule has 0 radical (unpaired) electrons. The summed E-state index contributed by atoms with van der Waals surface area (Å²) in [7, 11) is 0. The van der Waals surface area contributed by atoms with Gasteiger partial charge in [-0.3, -0.25) is 4.79 Å². The van der Waals surface area contributed by atoms with E-state index in [2.05, 4.69) is 0 Å². The van der Waals surface area contributed by atoms with Crippen molar-refractivity contribution in [2.75, 3.05) is 13.1 Å². The highest BCUT2D eigenvalue weighted by Gasteiger charge is 2.20. The average molecular weight is 224 g/mol. The molecule has 4 heteroatoms. The fourth-order valence-corrected chi connectivity index (χ4v) is 2.58. The van der Waals surface area contributed by atoms with Gasteiger partial charge >= 0.3 is 0 Å². The number of hydrogen-bond acceptors (Lipinski definition) is 3. The fourth-order valence-electron chi connectivity index (χ4n) is 1.92. The van der Waals surface area contributed by atoms with E-state index < -0.39 is 0 Å². The van der Waals surface area contributed by atoms with Gasteiger partial charge in [0, 0.05) is 19.1 Å². The van der Waals surface area contributed by atoms with E-state index in [0.717, 1.165) is 31.5 Å². The molecule has 1 aromatic heterocycles. The molecule has 1 fully saturated rings. The molecule has 0 aliphatic carbocycles. The maximum Gasteiger partial charge on any atom is 0.227 e. The molecule has 3 nitrogen and oxygen atoms in total. The number of amides is 1. The summed E-state index contributed by atoms with van der Waals surface area (Å²) in [5, 5.41) is 4.03. The van der Waals surface area contributed by atoms with Crippen molar-refractivity contribution in [2.45, 2.75) is 25.3 Å². The van der Waals surface area contributed by atoms with Gasteiger partial charge in [-0.2, -0.15) is 11.3 Å². The summed E-state index contributed by atoms with van der Waals surface area (Å²) < 4.78 is 0. The Hall–Kier alpha value is -0.870.